The highest BCUT2D eigenvalue weighted by Crippen LogP contribution is 2.26. The molecule has 1 atom stereocenters. The number of allylic oxidation sites excluding steroid dienone is 1. The number of likely N-dealkylation sites (N-methyl/N-ethyl adjacent to an activating group) is 1. The topological polar surface area (TPSA) is 81.4 Å². The molecule has 5 nitrogen and oxygen atoms in total. The van der Waals surface area contributed by atoms with Crippen LogP contribution in [0.15, 0.2) is 36.9 Å². The largest absolute Gasteiger partial charge is 0.479 e. The molecule has 1 aromatic carbocycles. The van der Waals surface area contributed by atoms with Crippen molar-refractivity contribution in [2.24, 2.45) is 0 Å². The number of hydrogen-bond donors (Lipinski definition) is 1. The van der Waals surface area contributed by atoms with Gasteiger partial charge in [-0.05, 0) is 24.1 Å². The predicted molar refractivity (Wildman–Crippen MR) is 88.0 cm³/mol. The Balaban J connectivity index is 3.17. The van der Waals surface area contributed by atoms with E-state index in [1.807, 2.05) is 6.07 Å². The Morgan fingerprint density at radius 3 is 2.52 bits per heavy atom. The first-order chi connectivity index (χ1) is 10.9. The molecule has 1 amide bonds. The Morgan fingerprint density at radius 2 is 2.04 bits per heavy atom. The smallest absolute Gasteiger partial charge is 0.331 e. The maximum Gasteiger partial charge on any atom is 0.331 e. The molecule has 1 unspecified atom stereocenters. The number of rotatable bonds is 8. The Bertz CT molecular complexity index is 622. The summed E-state index contributed by atoms with van der Waals surface area (Å²) in [6, 6.07) is 8.58. The molecule has 23 heavy (non-hydrogen) atoms. The van der Waals surface area contributed by atoms with E-state index in [4.69, 9.17) is 16.9 Å². The van der Waals surface area contributed by atoms with Crippen LogP contribution in [0.2, 0.25) is 5.02 Å². The van der Waals surface area contributed by atoms with E-state index in [-0.39, 0.29) is 25.2 Å². The molecule has 0 saturated carbocycles. The second-order valence-corrected chi connectivity index (χ2v) is 5.69. The number of carboxylic acid groups (broad SMARTS) is 1. The van der Waals surface area contributed by atoms with E-state index in [9.17, 15) is 14.7 Å². The lowest BCUT2D eigenvalue weighted by Crippen LogP contribution is -2.56. The molecule has 0 aliphatic rings. The first-order valence-electron chi connectivity index (χ1n) is 7.09. The normalized spacial score (nSPS) is 12.7. The van der Waals surface area contributed by atoms with Crippen molar-refractivity contribution in [1.29, 1.82) is 5.26 Å². The van der Waals surface area contributed by atoms with Gasteiger partial charge in [0.25, 0.3) is 0 Å². The van der Waals surface area contributed by atoms with Gasteiger partial charge in [0.1, 0.15) is 0 Å². The summed E-state index contributed by atoms with van der Waals surface area (Å²) in [5.41, 5.74) is -0.920. The lowest BCUT2D eigenvalue weighted by atomic mass is 9.86. The average Bonchev–Trinajstić information content (AvgIpc) is 2.53. The van der Waals surface area contributed by atoms with Gasteiger partial charge in [-0.2, -0.15) is 5.26 Å². The maximum absolute atomic E-state index is 12.3. The summed E-state index contributed by atoms with van der Waals surface area (Å²) in [6.45, 7) is 3.55. The van der Waals surface area contributed by atoms with Crippen LogP contribution < -0.4 is 0 Å². The quantitative estimate of drug-likeness (QED) is 0.741. The van der Waals surface area contributed by atoms with Gasteiger partial charge in [0.15, 0.2) is 5.54 Å². The van der Waals surface area contributed by atoms with Gasteiger partial charge in [-0.3, -0.25) is 4.79 Å². The van der Waals surface area contributed by atoms with Gasteiger partial charge in [-0.25, -0.2) is 4.79 Å². The number of carboxylic acids is 1. The van der Waals surface area contributed by atoms with E-state index in [0.717, 1.165) is 4.90 Å². The van der Waals surface area contributed by atoms with Crippen molar-refractivity contribution >= 4 is 23.5 Å². The SMILES string of the molecule is C=CCCC(=O)N(C)C(CC#N)(Cc1ccc(Cl)cc1)C(=O)O. The summed E-state index contributed by atoms with van der Waals surface area (Å²) in [5, 5.41) is 19.3. The van der Waals surface area contributed by atoms with E-state index in [2.05, 4.69) is 6.58 Å². The summed E-state index contributed by atoms with van der Waals surface area (Å²) in [6.07, 6.45) is 1.93. The zero-order chi connectivity index (χ0) is 17.5. The molecule has 0 radical (unpaired) electrons. The molecule has 0 heterocycles. The molecule has 1 rings (SSSR count). The van der Waals surface area contributed by atoms with Crippen LogP contribution in [0.25, 0.3) is 0 Å². The third-order valence-electron chi connectivity index (χ3n) is 3.76. The highest BCUT2D eigenvalue weighted by Gasteiger charge is 2.44. The first-order valence-corrected chi connectivity index (χ1v) is 7.47. The van der Waals surface area contributed by atoms with Gasteiger partial charge in [0.2, 0.25) is 5.91 Å². The Morgan fingerprint density at radius 1 is 1.43 bits per heavy atom. The van der Waals surface area contributed by atoms with Gasteiger partial charge in [-0.1, -0.05) is 29.8 Å². The second-order valence-electron chi connectivity index (χ2n) is 5.25. The summed E-state index contributed by atoms with van der Waals surface area (Å²) in [4.78, 5) is 25.3. The van der Waals surface area contributed by atoms with E-state index in [1.54, 1.807) is 30.3 Å². The fraction of sp³-hybridized carbons (Fsp3) is 0.353. The first kappa shape index (κ1) is 18.7. The van der Waals surface area contributed by atoms with Crippen LogP contribution >= 0.6 is 11.6 Å². The molecule has 1 aromatic rings. The predicted octanol–water partition coefficient (Wildman–Crippen LogP) is 3.04. The Kier molecular flexibility index (Phi) is 6.80. The lowest BCUT2D eigenvalue weighted by Gasteiger charge is -2.37. The molecule has 122 valence electrons. The summed E-state index contributed by atoms with van der Waals surface area (Å²) < 4.78 is 0. The van der Waals surface area contributed by atoms with Crippen LogP contribution in [0.4, 0.5) is 0 Å². The molecule has 0 aromatic heterocycles. The van der Waals surface area contributed by atoms with E-state index in [0.29, 0.717) is 17.0 Å². The highest BCUT2D eigenvalue weighted by atomic mass is 35.5. The molecule has 0 aliphatic carbocycles. The van der Waals surface area contributed by atoms with Crippen molar-refractivity contribution in [2.75, 3.05) is 7.05 Å². The number of aliphatic carboxylic acids is 1. The van der Waals surface area contributed by atoms with Crippen molar-refractivity contribution in [1.82, 2.24) is 4.90 Å². The second kappa shape index (κ2) is 8.35. The van der Waals surface area contributed by atoms with Crippen LogP contribution in [0.3, 0.4) is 0 Å². The van der Waals surface area contributed by atoms with E-state index < -0.39 is 11.5 Å². The van der Waals surface area contributed by atoms with Crippen LogP contribution in [0.5, 0.6) is 0 Å². The molecule has 0 saturated heterocycles. The molecule has 1 N–H and O–H groups in total. The average molecular weight is 335 g/mol. The molecule has 0 spiro atoms. The number of carbonyl (C=O) groups excluding carboxylic acids is 1. The van der Waals surface area contributed by atoms with Crippen LogP contribution in [0.1, 0.15) is 24.8 Å². The lowest BCUT2D eigenvalue weighted by molar-refractivity contribution is -0.157. The minimum atomic E-state index is -1.61. The molecule has 0 aliphatic heterocycles. The van der Waals surface area contributed by atoms with Gasteiger partial charge in [0.05, 0.1) is 12.5 Å². The number of amides is 1. The van der Waals surface area contributed by atoms with E-state index >= 15 is 0 Å². The molecule has 6 heteroatoms. The molecule has 0 fully saturated rings. The number of hydrogen-bond acceptors (Lipinski definition) is 3. The molecular weight excluding hydrogens is 316 g/mol. The van der Waals surface area contributed by atoms with Gasteiger partial charge in [0, 0.05) is 24.9 Å². The van der Waals surface area contributed by atoms with Crippen molar-refractivity contribution in [3.05, 3.63) is 47.5 Å². The minimum absolute atomic E-state index is 0.0311. The minimum Gasteiger partial charge on any atom is -0.479 e. The van der Waals surface area contributed by atoms with Crippen molar-refractivity contribution < 1.29 is 14.7 Å². The van der Waals surface area contributed by atoms with E-state index in [1.165, 1.54) is 7.05 Å². The van der Waals surface area contributed by atoms with Crippen molar-refractivity contribution in [3.63, 3.8) is 0 Å². The summed E-state index contributed by atoms with van der Waals surface area (Å²) >= 11 is 5.83. The summed E-state index contributed by atoms with van der Waals surface area (Å²) in [7, 11) is 1.42. The van der Waals surface area contributed by atoms with Crippen LogP contribution in [-0.2, 0) is 16.0 Å². The zero-order valence-corrected chi connectivity index (χ0v) is 13.7. The Hall–Kier alpha value is -2.32. The highest BCUT2D eigenvalue weighted by molar-refractivity contribution is 6.30. The summed E-state index contributed by atoms with van der Waals surface area (Å²) in [5.74, 6) is -1.54. The van der Waals surface area contributed by atoms with Crippen LogP contribution in [0, 0.1) is 11.3 Å². The monoisotopic (exact) mass is 334 g/mol. The van der Waals surface area contributed by atoms with Gasteiger partial charge >= 0.3 is 5.97 Å². The molecular formula is C17H19ClN2O3. The maximum atomic E-state index is 12.3. The number of nitrogens with zero attached hydrogens (tertiary/aromatic N) is 2. The Labute approximate surface area is 140 Å². The van der Waals surface area contributed by atoms with Gasteiger partial charge < -0.3 is 10.0 Å². The number of carbonyl (C=O) groups is 2. The molecule has 0 bridgehead atoms. The third-order valence-corrected chi connectivity index (χ3v) is 4.01. The third kappa shape index (κ3) is 4.57. The fourth-order valence-corrected chi connectivity index (χ4v) is 2.42. The standard InChI is InChI=1S/C17H19ClN2O3/c1-3-4-5-15(21)20(2)17(10-11-19,16(22)23)12-13-6-8-14(18)9-7-13/h3,6-9H,1,4-5,10,12H2,2H3,(H,22,23). The van der Waals surface area contributed by atoms with Crippen LogP contribution in [-0.4, -0.2) is 34.5 Å². The van der Waals surface area contributed by atoms with Crippen molar-refractivity contribution in [2.45, 2.75) is 31.2 Å². The number of nitriles is 1. The zero-order valence-electron chi connectivity index (χ0n) is 13.0. The number of benzene rings is 1. The van der Waals surface area contributed by atoms with Gasteiger partial charge in [-0.15, -0.1) is 6.58 Å². The van der Waals surface area contributed by atoms with Crippen molar-refractivity contribution in [3.8, 4) is 6.07 Å². The number of halogens is 1. The fourth-order valence-electron chi connectivity index (χ4n) is 2.30.